The smallest absolute Gasteiger partial charge is 0.319 e. The molecule has 0 saturated carbocycles. The number of carbonyl (C=O) groups is 2. The van der Waals surface area contributed by atoms with Crippen LogP contribution in [0.15, 0.2) is 30.3 Å². The Balaban J connectivity index is 1.88. The van der Waals surface area contributed by atoms with Gasteiger partial charge in [-0.1, -0.05) is 12.1 Å². The van der Waals surface area contributed by atoms with Crippen molar-refractivity contribution in [3.8, 4) is 0 Å². The van der Waals surface area contributed by atoms with Crippen LogP contribution in [0.25, 0.3) is 0 Å². The van der Waals surface area contributed by atoms with E-state index in [0.29, 0.717) is 24.4 Å². The molecular weight excluding hydrogens is 318 g/mol. The van der Waals surface area contributed by atoms with Crippen LogP contribution in [-0.2, 0) is 17.8 Å². The van der Waals surface area contributed by atoms with Gasteiger partial charge in [0.1, 0.15) is 5.82 Å². The quantitative estimate of drug-likeness (QED) is 0.749. The van der Waals surface area contributed by atoms with Crippen molar-refractivity contribution in [2.75, 3.05) is 12.4 Å². The van der Waals surface area contributed by atoms with Gasteiger partial charge in [-0.15, -0.1) is 0 Å². The van der Waals surface area contributed by atoms with Gasteiger partial charge in [-0.2, -0.15) is 0 Å². The van der Waals surface area contributed by atoms with Gasteiger partial charge >= 0.3 is 6.03 Å². The van der Waals surface area contributed by atoms with Gasteiger partial charge in [-0.25, -0.2) is 14.8 Å². The van der Waals surface area contributed by atoms with Gasteiger partial charge in [0, 0.05) is 30.5 Å². The topological polar surface area (TPSA) is 96.0 Å². The molecule has 3 N–H and O–H groups in total. The van der Waals surface area contributed by atoms with Crippen LogP contribution in [0.4, 0.5) is 10.5 Å². The van der Waals surface area contributed by atoms with Crippen LogP contribution in [0, 0.1) is 13.8 Å². The highest BCUT2D eigenvalue weighted by Gasteiger charge is 2.06. The predicted octanol–water partition coefficient (Wildman–Crippen LogP) is 2.09. The summed E-state index contributed by atoms with van der Waals surface area (Å²) in [6.45, 7) is 4.04. The summed E-state index contributed by atoms with van der Waals surface area (Å²) in [7, 11) is 1.62. The fourth-order valence-corrected chi connectivity index (χ4v) is 2.40. The van der Waals surface area contributed by atoms with Crippen molar-refractivity contribution < 1.29 is 9.59 Å². The lowest BCUT2D eigenvalue weighted by atomic mass is 10.1. The Bertz CT molecular complexity index is 741. The minimum absolute atomic E-state index is 0.00967. The molecule has 1 heterocycles. The monoisotopic (exact) mass is 341 g/mol. The largest absolute Gasteiger partial charge is 0.359 e. The van der Waals surface area contributed by atoms with E-state index in [9.17, 15) is 9.59 Å². The Kier molecular flexibility index (Phi) is 6.45. The van der Waals surface area contributed by atoms with Gasteiger partial charge < -0.3 is 16.0 Å². The Morgan fingerprint density at radius 2 is 1.80 bits per heavy atom. The molecule has 0 spiro atoms. The molecule has 2 aromatic rings. The van der Waals surface area contributed by atoms with Gasteiger partial charge in [0.15, 0.2) is 0 Å². The highest BCUT2D eigenvalue weighted by molar-refractivity contribution is 5.89. The zero-order valence-electron chi connectivity index (χ0n) is 14.7. The molecule has 0 saturated heterocycles. The summed E-state index contributed by atoms with van der Waals surface area (Å²) in [5, 5.41) is 8.11. The number of aryl methyl sites for hydroxylation is 3. The van der Waals surface area contributed by atoms with Gasteiger partial charge in [0.25, 0.3) is 0 Å². The Labute approximate surface area is 147 Å². The minimum Gasteiger partial charge on any atom is -0.359 e. The van der Waals surface area contributed by atoms with E-state index in [1.54, 1.807) is 13.1 Å². The summed E-state index contributed by atoms with van der Waals surface area (Å²) < 4.78 is 0. The third-order valence-electron chi connectivity index (χ3n) is 3.54. The number of aromatic nitrogens is 2. The second kappa shape index (κ2) is 8.77. The van der Waals surface area contributed by atoms with Crippen LogP contribution < -0.4 is 16.0 Å². The fraction of sp³-hybridized carbons (Fsp3) is 0.333. The molecular formula is C18H23N5O2. The van der Waals surface area contributed by atoms with Crippen LogP contribution in [0.5, 0.6) is 0 Å². The number of carbonyl (C=O) groups excluding carboxylic acids is 2. The molecule has 1 aromatic heterocycles. The average Bonchev–Trinajstić information content (AvgIpc) is 2.57. The standard InChI is InChI=1S/C18H23N5O2/c1-12-9-13(2)22-16(21-12)11-20-18(25)23-15-6-4-5-14(10-15)7-8-17(24)19-3/h4-6,9-10H,7-8,11H2,1-3H3,(H,19,24)(H2,20,23,25). The molecule has 132 valence electrons. The lowest BCUT2D eigenvalue weighted by Crippen LogP contribution is -2.29. The SMILES string of the molecule is CNC(=O)CCc1cccc(NC(=O)NCc2nc(C)cc(C)n2)c1. The zero-order valence-corrected chi connectivity index (χ0v) is 14.7. The van der Waals surface area contributed by atoms with Crippen molar-refractivity contribution in [1.29, 1.82) is 0 Å². The van der Waals surface area contributed by atoms with Gasteiger partial charge in [-0.3, -0.25) is 4.79 Å². The molecule has 1 aromatic carbocycles. The first-order valence-corrected chi connectivity index (χ1v) is 8.12. The molecule has 0 unspecified atom stereocenters. The van der Waals surface area contributed by atoms with Crippen molar-refractivity contribution >= 4 is 17.6 Å². The summed E-state index contributed by atoms with van der Waals surface area (Å²) in [5.74, 6) is 0.566. The zero-order chi connectivity index (χ0) is 18.2. The van der Waals surface area contributed by atoms with E-state index < -0.39 is 0 Å². The van der Waals surface area contributed by atoms with Crippen LogP contribution in [-0.4, -0.2) is 29.0 Å². The van der Waals surface area contributed by atoms with Crippen molar-refractivity contribution in [2.45, 2.75) is 33.2 Å². The maximum atomic E-state index is 12.0. The van der Waals surface area contributed by atoms with Crippen molar-refractivity contribution in [1.82, 2.24) is 20.6 Å². The first-order valence-electron chi connectivity index (χ1n) is 8.12. The van der Waals surface area contributed by atoms with Crippen molar-refractivity contribution in [3.63, 3.8) is 0 Å². The van der Waals surface area contributed by atoms with Gasteiger partial charge in [0.2, 0.25) is 5.91 Å². The highest BCUT2D eigenvalue weighted by Crippen LogP contribution is 2.12. The summed E-state index contributed by atoms with van der Waals surface area (Å²) >= 11 is 0. The molecule has 0 aliphatic carbocycles. The summed E-state index contributed by atoms with van der Waals surface area (Å²) in [4.78, 5) is 31.9. The Morgan fingerprint density at radius 1 is 1.08 bits per heavy atom. The molecule has 0 radical (unpaired) electrons. The van der Waals surface area contributed by atoms with Gasteiger partial charge in [-0.05, 0) is 44.0 Å². The number of hydrogen-bond acceptors (Lipinski definition) is 4. The number of rotatable bonds is 6. The van der Waals surface area contributed by atoms with E-state index >= 15 is 0 Å². The normalized spacial score (nSPS) is 10.2. The Hall–Kier alpha value is -2.96. The van der Waals surface area contributed by atoms with E-state index in [1.165, 1.54) is 0 Å². The molecule has 7 nitrogen and oxygen atoms in total. The predicted molar refractivity (Wildman–Crippen MR) is 96.2 cm³/mol. The molecule has 2 rings (SSSR count). The molecule has 0 atom stereocenters. The first-order chi connectivity index (χ1) is 12.0. The maximum absolute atomic E-state index is 12.0. The van der Waals surface area contributed by atoms with Crippen molar-refractivity contribution in [2.24, 2.45) is 0 Å². The number of benzene rings is 1. The maximum Gasteiger partial charge on any atom is 0.319 e. The number of anilines is 1. The molecule has 0 bridgehead atoms. The molecule has 0 fully saturated rings. The summed E-state index contributed by atoms with van der Waals surface area (Å²) in [6, 6.07) is 8.99. The third-order valence-corrected chi connectivity index (χ3v) is 3.54. The molecule has 0 aliphatic heterocycles. The van der Waals surface area contributed by atoms with Crippen LogP contribution in [0.1, 0.15) is 29.2 Å². The van der Waals surface area contributed by atoms with E-state index in [2.05, 4.69) is 25.9 Å². The fourth-order valence-electron chi connectivity index (χ4n) is 2.40. The third kappa shape index (κ3) is 6.21. The first kappa shape index (κ1) is 18.4. The second-order valence-electron chi connectivity index (χ2n) is 5.75. The summed E-state index contributed by atoms with van der Waals surface area (Å²) in [6.07, 6.45) is 1.03. The molecule has 7 heteroatoms. The number of urea groups is 1. The van der Waals surface area contributed by atoms with Crippen LogP contribution in [0.3, 0.4) is 0 Å². The highest BCUT2D eigenvalue weighted by atomic mass is 16.2. The van der Waals surface area contributed by atoms with E-state index in [-0.39, 0.29) is 18.5 Å². The minimum atomic E-state index is -0.328. The Morgan fingerprint density at radius 3 is 2.48 bits per heavy atom. The number of amides is 3. The van der Waals surface area contributed by atoms with Crippen LogP contribution >= 0.6 is 0 Å². The average molecular weight is 341 g/mol. The number of nitrogens with zero attached hydrogens (tertiary/aromatic N) is 2. The molecule has 3 amide bonds. The molecule has 25 heavy (non-hydrogen) atoms. The van der Waals surface area contributed by atoms with Crippen LogP contribution in [0.2, 0.25) is 0 Å². The van der Waals surface area contributed by atoms with E-state index in [1.807, 2.05) is 38.1 Å². The van der Waals surface area contributed by atoms with Crippen molar-refractivity contribution in [3.05, 3.63) is 53.1 Å². The number of hydrogen-bond donors (Lipinski definition) is 3. The van der Waals surface area contributed by atoms with E-state index in [4.69, 9.17) is 0 Å². The van der Waals surface area contributed by atoms with Gasteiger partial charge in [0.05, 0.1) is 6.54 Å². The lowest BCUT2D eigenvalue weighted by Gasteiger charge is -2.09. The van der Waals surface area contributed by atoms with E-state index in [0.717, 1.165) is 17.0 Å². The lowest BCUT2D eigenvalue weighted by molar-refractivity contribution is -0.120. The number of nitrogens with one attached hydrogen (secondary N) is 3. The molecule has 0 aliphatic rings. The second-order valence-corrected chi connectivity index (χ2v) is 5.75. The summed E-state index contributed by atoms with van der Waals surface area (Å²) in [5.41, 5.74) is 3.40.